The average Bonchev–Trinajstić information content (AvgIpc) is 3.15. The van der Waals surface area contributed by atoms with Gasteiger partial charge < -0.3 is 14.4 Å². The Bertz CT molecular complexity index is 849. The average molecular weight is 343 g/mol. The van der Waals surface area contributed by atoms with E-state index in [9.17, 15) is 19.1 Å². The summed E-state index contributed by atoms with van der Waals surface area (Å²) in [7, 11) is 0. The molecule has 1 aromatic heterocycles. The van der Waals surface area contributed by atoms with E-state index >= 15 is 0 Å². The van der Waals surface area contributed by atoms with E-state index < -0.39 is 17.4 Å². The number of benzene rings is 1. The minimum atomic E-state index is -0.540. The Hall–Kier alpha value is -2.89. The van der Waals surface area contributed by atoms with Crippen LogP contribution in [0, 0.1) is 5.82 Å². The van der Waals surface area contributed by atoms with Crippen molar-refractivity contribution in [1.82, 2.24) is 4.90 Å². The lowest BCUT2D eigenvalue weighted by atomic mass is 10.0. The van der Waals surface area contributed by atoms with Gasteiger partial charge in [-0.05, 0) is 37.6 Å². The molecule has 0 atom stereocenters. The Balaban J connectivity index is 1.86. The molecule has 0 fully saturated rings. The predicted octanol–water partition coefficient (Wildman–Crippen LogP) is 3.25. The van der Waals surface area contributed by atoms with E-state index in [1.807, 2.05) is 13.8 Å². The molecule has 2 heterocycles. The van der Waals surface area contributed by atoms with Crippen LogP contribution >= 0.6 is 0 Å². The number of hydrogen-bond acceptors (Lipinski definition) is 4. The van der Waals surface area contributed by atoms with Crippen LogP contribution in [0.2, 0.25) is 0 Å². The summed E-state index contributed by atoms with van der Waals surface area (Å²) in [5.74, 6) is -1.41. The van der Waals surface area contributed by atoms with Gasteiger partial charge in [0.15, 0.2) is 11.5 Å². The molecule has 1 amide bonds. The van der Waals surface area contributed by atoms with E-state index in [2.05, 4.69) is 0 Å². The number of aliphatic hydroxyl groups is 1. The highest BCUT2D eigenvalue weighted by molar-refractivity contribution is 6.15. The fourth-order valence-corrected chi connectivity index (χ4v) is 2.81. The maximum Gasteiger partial charge on any atom is 0.289 e. The maximum absolute atomic E-state index is 13.0. The summed E-state index contributed by atoms with van der Waals surface area (Å²) in [6.07, 6.45) is 1.70. The van der Waals surface area contributed by atoms with Crippen LogP contribution in [-0.2, 0) is 11.2 Å². The Labute approximate surface area is 144 Å². The minimum absolute atomic E-state index is 0.0699. The normalized spacial score (nSPS) is 14.7. The van der Waals surface area contributed by atoms with Gasteiger partial charge in [0.05, 0.1) is 23.9 Å². The molecule has 3 rings (SSSR count). The highest BCUT2D eigenvalue weighted by Crippen LogP contribution is 2.26. The fraction of sp³-hybridized carbons (Fsp3) is 0.263. The molecule has 1 aromatic carbocycles. The van der Waals surface area contributed by atoms with Gasteiger partial charge in [-0.15, -0.1) is 0 Å². The van der Waals surface area contributed by atoms with Crippen LogP contribution in [0.3, 0.4) is 0 Å². The maximum atomic E-state index is 13.0. The van der Waals surface area contributed by atoms with Crippen molar-refractivity contribution in [3.63, 3.8) is 0 Å². The highest BCUT2D eigenvalue weighted by Gasteiger charge is 2.36. The van der Waals surface area contributed by atoms with Gasteiger partial charge in [0.1, 0.15) is 11.6 Å². The summed E-state index contributed by atoms with van der Waals surface area (Å²) in [4.78, 5) is 26.3. The van der Waals surface area contributed by atoms with Crippen LogP contribution in [-0.4, -0.2) is 34.3 Å². The van der Waals surface area contributed by atoms with E-state index in [0.29, 0.717) is 17.7 Å². The number of ketones is 1. The fourth-order valence-electron chi connectivity index (χ4n) is 2.81. The van der Waals surface area contributed by atoms with Crippen molar-refractivity contribution in [2.24, 2.45) is 0 Å². The van der Waals surface area contributed by atoms with Crippen LogP contribution in [0.15, 0.2) is 52.3 Å². The van der Waals surface area contributed by atoms with Crippen LogP contribution in [0.5, 0.6) is 0 Å². The predicted molar refractivity (Wildman–Crippen MR) is 88.7 cm³/mol. The van der Waals surface area contributed by atoms with Crippen molar-refractivity contribution in [2.45, 2.75) is 26.3 Å². The Morgan fingerprint density at radius 3 is 2.56 bits per heavy atom. The zero-order valence-electron chi connectivity index (χ0n) is 14.0. The SMILES string of the molecule is CC(C)N1CC(C(=O)c2ccoc2Cc2ccc(F)cc2)=C(O)C1=O. The van der Waals surface area contributed by atoms with Crippen molar-refractivity contribution in [3.05, 3.63) is 70.6 Å². The summed E-state index contributed by atoms with van der Waals surface area (Å²) in [5, 5.41) is 10.1. The lowest BCUT2D eigenvalue weighted by Crippen LogP contribution is -2.34. The van der Waals surface area contributed by atoms with E-state index in [1.54, 1.807) is 12.1 Å². The highest BCUT2D eigenvalue weighted by atomic mass is 19.1. The first-order valence-electron chi connectivity index (χ1n) is 7.97. The zero-order valence-corrected chi connectivity index (χ0v) is 14.0. The number of amides is 1. The standard InChI is InChI=1S/C19H18FNO4/c1-11(2)21-10-15(18(23)19(21)24)17(22)14-7-8-25-16(14)9-12-3-5-13(20)6-4-12/h3-8,11,23H,9-10H2,1-2H3. The van der Waals surface area contributed by atoms with Gasteiger partial charge in [-0.3, -0.25) is 9.59 Å². The summed E-state index contributed by atoms with van der Waals surface area (Å²) >= 11 is 0. The first-order chi connectivity index (χ1) is 11.9. The molecule has 0 spiro atoms. The molecule has 0 unspecified atom stereocenters. The molecule has 1 aliphatic heterocycles. The number of carbonyl (C=O) groups excluding carboxylic acids is 2. The lowest BCUT2D eigenvalue weighted by molar-refractivity contribution is -0.129. The molecule has 0 saturated heterocycles. The van der Waals surface area contributed by atoms with Crippen molar-refractivity contribution in [1.29, 1.82) is 0 Å². The van der Waals surface area contributed by atoms with Gasteiger partial charge in [0.2, 0.25) is 0 Å². The van der Waals surface area contributed by atoms with Crippen molar-refractivity contribution in [2.75, 3.05) is 6.54 Å². The van der Waals surface area contributed by atoms with Gasteiger partial charge >= 0.3 is 0 Å². The van der Waals surface area contributed by atoms with E-state index in [0.717, 1.165) is 5.56 Å². The smallest absolute Gasteiger partial charge is 0.289 e. The van der Waals surface area contributed by atoms with Gasteiger partial charge in [0.25, 0.3) is 5.91 Å². The molecule has 0 radical (unpaired) electrons. The summed E-state index contributed by atoms with van der Waals surface area (Å²) in [6, 6.07) is 7.30. The summed E-state index contributed by atoms with van der Waals surface area (Å²) in [5.41, 5.74) is 1.15. The summed E-state index contributed by atoms with van der Waals surface area (Å²) < 4.78 is 18.4. The van der Waals surface area contributed by atoms with Gasteiger partial charge in [-0.2, -0.15) is 0 Å². The molecule has 2 aromatic rings. The second-order valence-electron chi connectivity index (χ2n) is 6.24. The number of carbonyl (C=O) groups is 2. The van der Waals surface area contributed by atoms with Crippen LogP contribution in [0.25, 0.3) is 0 Å². The Morgan fingerprint density at radius 1 is 1.28 bits per heavy atom. The Kier molecular flexibility index (Phi) is 4.44. The van der Waals surface area contributed by atoms with E-state index in [-0.39, 0.29) is 24.0 Å². The Morgan fingerprint density at radius 2 is 1.96 bits per heavy atom. The van der Waals surface area contributed by atoms with E-state index in [1.165, 1.54) is 29.4 Å². The number of aliphatic hydroxyl groups excluding tert-OH is 1. The number of Topliss-reactive ketones (excluding diaryl/α,β-unsaturated/α-hetero) is 1. The zero-order chi connectivity index (χ0) is 18.1. The van der Waals surface area contributed by atoms with Crippen LogP contribution in [0.1, 0.15) is 35.5 Å². The van der Waals surface area contributed by atoms with Gasteiger partial charge in [0, 0.05) is 12.5 Å². The second-order valence-corrected chi connectivity index (χ2v) is 6.24. The molecular formula is C19H18FNO4. The van der Waals surface area contributed by atoms with Crippen molar-refractivity contribution < 1.29 is 23.5 Å². The topological polar surface area (TPSA) is 70.8 Å². The molecule has 130 valence electrons. The third kappa shape index (κ3) is 3.20. The number of nitrogens with zero attached hydrogens (tertiary/aromatic N) is 1. The quantitative estimate of drug-likeness (QED) is 0.846. The van der Waals surface area contributed by atoms with Crippen molar-refractivity contribution >= 4 is 11.7 Å². The first-order valence-corrected chi connectivity index (χ1v) is 7.97. The number of furan rings is 1. The largest absolute Gasteiger partial charge is 0.503 e. The molecule has 5 nitrogen and oxygen atoms in total. The first kappa shape index (κ1) is 17.0. The monoisotopic (exact) mass is 343 g/mol. The number of hydrogen-bond donors (Lipinski definition) is 1. The lowest BCUT2D eigenvalue weighted by Gasteiger charge is -2.20. The molecule has 25 heavy (non-hydrogen) atoms. The third-order valence-electron chi connectivity index (χ3n) is 4.24. The van der Waals surface area contributed by atoms with Gasteiger partial charge in [-0.1, -0.05) is 12.1 Å². The van der Waals surface area contributed by atoms with Crippen LogP contribution in [0.4, 0.5) is 4.39 Å². The number of rotatable bonds is 5. The molecule has 6 heteroatoms. The molecule has 0 bridgehead atoms. The van der Waals surface area contributed by atoms with E-state index in [4.69, 9.17) is 4.42 Å². The summed E-state index contributed by atoms with van der Waals surface area (Å²) in [6.45, 7) is 3.70. The number of halogens is 1. The van der Waals surface area contributed by atoms with Gasteiger partial charge in [-0.25, -0.2) is 4.39 Å². The third-order valence-corrected chi connectivity index (χ3v) is 4.24. The second kappa shape index (κ2) is 6.55. The molecule has 0 saturated carbocycles. The molecule has 0 aliphatic carbocycles. The molecule has 1 N–H and O–H groups in total. The molecule has 1 aliphatic rings. The molecular weight excluding hydrogens is 325 g/mol. The van der Waals surface area contributed by atoms with Crippen molar-refractivity contribution in [3.8, 4) is 0 Å². The van der Waals surface area contributed by atoms with Crippen LogP contribution < -0.4 is 0 Å². The minimum Gasteiger partial charge on any atom is -0.503 e.